The molecule has 9 heteroatoms. The van der Waals surface area contributed by atoms with Crippen molar-refractivity contribution in [3.8, 4) is 5.69 Å². The average molecular weight is 389 g/mol. The number of aryl methyl sites for hydroxylation is 1. The zero-order chi connectivity index (χ0) is 20.1. The van der Waals surface area contributed by atoms with Gasteiger partial charge in [-0.2, -0.15) is 18.3 Å². The van der Waals surface area contributed by atoms with Crippen LogP contribution in [0.15, 0.2) is 55.1 Å². The summed E-state index contributed by atoms with van der Waals surface area (Å²) in [7, 11) is 0. The molecule has 6 nitrogen and oxygen atoms in total. The van der Waals surface area contributed by atoms with Crippen LogP contribution in [-0.4, -0.2) is 27.2 Å². The van der Waals surface area contributed by atoms with E-state index in [-0.39, 0.29) is 17.9 Å². The van der Waals surface area contributed by atoms with Crippen LogP contribution in [0.25, 0.3) is 5.69 Å². The maximum atomic E-state index is 13.1. The van der Waals surface area contributed by atoms with Crippen LogP contribution in [-0.2, 0) is 17.4 Å². The lowest BCUT2D eigenvalue weighted by Gasteiger charge is -2.15. The minimum Gasteiger partial charge on any atom is -0.376 e. The molecule has 0 unspecified atom stereocenters. The van der Waals surface area contributed by atoms with Crippen LogP contribution in [0.1, 0.15) is 18.1 Å². The third kappa shape index (κ3) is 4.48. The Labute approximate surface area is 159 Å². The molecule has 3 rings (SSSR count). The fourth-order valence-electron chi connectivity index (χ4n) is 2.72. The third-order valence-electron chi connectivity index (χ3n) is 4.10. The van der Waals surface area contributed by atoms with Gasteiger partial charge in [0.2, 0.25) is 5.91 Å². The number of amides is 1. The number of carbonyl (C=O) groups is 1. The summed E-state index contributed by atoms with van der Waals surface area (Å²) in [5.41, 5.74) is 1.26. The van der Waals surface area contributed by atoms with Gasteiger partial charge < -0.3 is 10.6 Å². The highest BCUT2D eigenvalue weighted by atomic mass is 19.4. The molecule has 0 bridgehead atoms. The highest BCUT2D eigenvalue weighted by Crippen LogP contribution is 2.33. The molecule has 0 spiro atoms. The monoisotopic (exact) mass is 389 g/mol. The van der Waals surface area contributed by atoms with E-state index in [4.69, 9.17) is 0 Å². The summed E-state index contributed by atoms with van der Waals surface area (Å²) in [5, 5.41) is 9.46. The standard InChI is InChI=1S/C19H18F3N5O/c1-2-13-5-3-4-6-15(13)24-10-18(28)26-16-9-14(19(20,21)22)7-8-17(16)27-12-23-11-25-27/h3-9,11-12,24H,2,10H2,1H3,(H,26,28). The molecular formula is C19H18F3N5O. The van der Waals surface area contributed by atoms with Crippen molar-refractivity contribution in [2.75, 3.05) is 17.2 Å². The number of aromatic nitrogens is 3. The van der Waals surface area contributed by atoms with Crippen molar-refractivity contribution >= 4 is 17.3 Å². The molecule has 146 valence electrons. The second-order valence-corrected chi connectivity index (χ2v) is 5.98. The number of nitrogens with one attached hydrogen (secondary N) is 2. The summed E-state index contributed by atoms with van der Waals surface area (Å²) in [5.74, 6) is -0.480. The van der Waals surface area contributed by atoms with E-state index in [2.05, 4.69) is 20.7 Å². The van der Waals surface area contributed by atoms with E-state index >= 15 is 0 Å². The molecule has 28 heavy (non-hydrogen) atoms. The van der Waals surface area contributed by atoms with Gasteiger partial charge in [-0.25, -0.2) is 9.67 Å². The Bertz CT molecular complexity index is 954. The first-order valence-corrected chi connectivity index (χ1v) is 8.56. The topological polar surface area (TPSA) is 71.8 Å². The molecule has 0 aliphatic rings. The maximum Gasteiger partial charge on any atom is 0.416 e. The molecule has 3 aromatic rings. The van der Waals surface area contributed by atoms with Crippen molar-refractivity contribution in [1.82, 2.24) is 14.8 Å². The molecule has 0 aliphatic carbocycles. The van der Waals surface area contributed by atoms with Crippen LogP contribution in [0.4, 0.5) is 24.5 Å². The summed E-state index contributed by atoms with van der Waals surface area (Å²) in [6, 6.07) is 10.6. The minimum atomic E-state index is -4.53. The highest BCUT2D eigenvalue weighted by molar-refractivity contribution is 5.95. The Hall–Kier alpha value is -3.36. The predicted molar refractivity (Wildman–Crippen MR) is 99.3 cm³/mol. The van der Waals surface area contributed by atoms with Crippen LogP contribution < -0.4 is 10.6 Å². The van der Waals surface area contributed by atoms with Gasteiger partial charge in [0.25, 0.3) is 0 Å². The van der Waals surface area contributed by atoms with Crippen molar-refractivity contribution in [3.63, 3.8) is 0 Å². The number of halogens is 3. The van der Waals surface area contributed by atoms with E-state index in [9.17, 15) is 18.0 Å². The number of alkyl halides is 3. The van der Waals surface area contributed by atoms with E-state index < -0.39 is 17.6 Å². The van der Waals surface area contributed by atoms with Gasteiger partial charge in [0.15, 0.2) is 0 Å². The van der Waals surface area contributed by atoms with Crippen LogP contribution >= 0.6 is 0 Å². The number of hydrogen-bond acceptors (Lipinski definition) is 4. The predicted octanol–water partition coefficient (Wildman–Crippen LogP) is 3.90. The van der Waals surface area contributed by atoms with E-state index in [0.29, 0.717) is 0 Å². The van der Waals surface area contributed by atoms with Gasteiger partial charge in [-0.05, 0) is 36.2 Å². The molecule has 0 radical (unpaired) electrons. The second-order valence-electron chi connectivity index (χ2n) is 5.98. The van der Waals surface area contributed by atoms with Gasteiger partial charge in [-0.15, -0.1) is 0 Å². The molecule has 0 aliphatic heterocycles. The summed E-state index contributed by atoms with van der Waals surface area (Å²) in [6.07, 6.45) is -1.14. The third-order valence-corrected chi connectivity index (χ3v) is 4.10. The zero-order valence-electron chi connectivity index (χ0n) is 15.0. The quantitative estimate of drug-likeness (QED) is 0.671. The molecule has 1 aromatic heterocycles. The molecule has 2 aromatic carbocycles. The van der Waals surface area contributed by atoms with Crippen LogP contribution in [0.3, 0.4) is 0 Å². The van der Waals surface area contributed by atoms with Crippen molar-refractivity contribution in [3.05, 3.63) is 66.2 Å². The summed E-state index contributed by atoms with van der Waals surface area (Å²) in [4.78, 5) is 16.2. The largest absolute Gasteiger partial charge is 0.416 e. The lowest BCUT2D eigenvalue weighted by atomic mass is 10.1. The minimum absolute atomic E-state index is 0.00379. The second kappa shape index (κ2) is 8.12. The molecule has 0 saturated heterocycles. The summed E-state index contributed by atoms with van der Waals surface area (Å²) < 4.78 is 40.5. The van der Waals surface area contributed by atoms with Crippen molar-refractivity contribution in [2.24, 2.45) is 0 Å². The maximum absolute atomic E-state index is 13.1. The molecule has 0 saturated carbocycles. The normalized spacial score (nSPS) is 11.3. The van der Waals surface area contributed by atoms with Crippen LogP contribution in [0.5, 0.6) is 0 Å². The molecular weight excluding hydrogens is 371 g/mol. The van der Waals surface area contributed by atoms with Gasteiger partial charge in [0, 0.05) is 5.69 Å². The first-order valence-electron chi connectivity index (χ1n) is 8.56. The fraction of sp³-hybridized carbons (Fsp3) is 0.211. The average Bonchev–Trinajstić information content (AvgIpc) is 3.20. The molecule has 0 atom stereocenters. The van der Waals surface area contributed by atoms with Crippen molar-refractivity contribution in [2.45, 2.75) is 19.5 Å². The Morgan fingerprint density at radius 1 is 1.14 bits per heavy atom. The number of carbonyl (C=O) groups excluding carboxylic acids is 1. The Morgan fingerprint density at radius 2 is 1.93 bits per heavy atom. The number of anilines is 2. The Morgan fingerprint density at radius 3 is 2.61 bits per heavy atom. The number of hydrogen-bond donors (Lipinski definition) is 2. The Balaban J connectivity index is 1.80. The SMILES string of the molecule is CCc1ccccc1NCC(=O)Nc1cc(C(F)(F)F)ccc1-n1cncn1. The van der Waals surface area contributed by atoms with Gasteiger partial charge in [-0.3, -0.25) is 4.79 Å². The van der Waals surface area contributed by atoms with E-state index in [0.717, 1.165) is 29.8 Å². The Kier molecular flexibility index (Phi) is 5.62. The lowest BCUT2D eigenvalue weighted by Crippen LogP contribution is -2.23. The van der Waals surface area contributed by atoms with Crippen LogP contribution in [0.2, 0.25) is 0 Å². The molecule has 1 amide bonds. The van der Waals surface area contributed by atoms with Gasteiger partial charge in [0.05, 0.1) is 23.5 Å². The molecule has 2 N–H and O–H groups in total. The van der Waals surface area contributed by atoms with E-state index in [1.54, 1.807) is 0 Å². The summed E-state index contributed by atoms with van der Waals surface area (Å²) in [6.45, 7) is 1.90. The van der Waals surface area contributed by atoms with E-state index in [1.165, 1.54) is 23.4 Å². The van der Waals surface area contributed by atoms with E-state index in [1.807, 2.05) is 31.2 Å². The number of para-hydroxylation sites is 1. The smallest absolute Gasteiger partial charge is 0.376 e. The van der Waals surface area contributed by atoms with Gasteiger partial charge >= 0.3 is 6.18 Å². The fourth-order valence-corrected chi connectivity index (χ4v) is 2.72. The van der Waals surface area contributed by atoms with Crippen LogP contribution in [0, 0.1) is 0 Å². The first-order chi connectivity index (χ1) is 13.4. The zero-order valence-corrected chi connectivity index (χ0v) is 15.0. The molecule has 0 fully saturated rings. The number of benzene rings is 2. The number of rotatable bonds is 6. The summed E-state index contributed by atoms with van der Waals surface area (Å²) >= 11 is 0. The number of nitrogens with zero attached hydrogens (tertiary/aromatic N) is 3. The van der Waals surface area contributed by atoms with Gasteiger partial charge in [0.1, 0.15) is 12.7 Å². The van der Waals surface area contributed by atoms with Gasteiger partial charge in [-0.1, -0.05) is 25.1 Å². The van der Waals surface area contributed by atoms with Crippen molar-refractivity contribution in [1.29, 1.82) is 0 Å². The lowest BCUT2D eigenvalue weighted by molar-refractivity contribution is -0.137. The molecule has 1 heterocycles. The highest BCUT2D eigenvalue weighted by Gasteiger charge is 2.31. The van der Waals surface area contributed by atoms with Crippen molar-refractivity contribution < 1.29 is 18.0 Å². The first kappa shape index (κ1) is 19.4.